The van der Waals surface area contributed by atoms with Crippen molar-refractivity contribution in [2.45, 2.75) is 35.5 Å². The van der Waals surface area contributed by atoms with Crippen LogP contribution in [0.4, 0.5) is 5.82 Å². The van der Waals surface area contributed by atoms with Gasteiger partial charge in [0, 0.05) is 22.8 Å². The van der Waals surface area contributed by atoms with Crippen molar-refractivity contribution in [2.75, 3.05) is 5.32 Å². The summed E-state index contributed by atoms with van der Waals surface area (Å²) < 4.78 is 0. The number of amides is 1. The Morgan fingerprint density at radius 1 is 1.22 bits per heavy atom. The SMILES string of the molecule is O=C(/C=C/c1ccccc1)Nc1ncnc2c1C1CCCC1S2. The van der Waals surface area contributed by atoms with E-state index in [0.717, 1.165) is 16.2 Å². The van der Waals surface area contributed by atoms with Crippen molar-refractivity contribution in [2.24, 2.45) is 0 Å². The summed E-state index contributed by atoms with van der Waals surface area (Å²) >= 11 is 1.84. The van der Waals surface area contributed by atoms with Gasteiger partial charge in [-0.1, -0.05) is 36.8 Å². The highest BCUT2D eigenvalue weighted by atomic mass is 32.2. The zero-order valence-electron chi connectivity index (χ0n) is 12.6. The van der Waals surface area contributed by atoms with E-state index in [2.05, 4.69) is 15.3 Å². The van der Waals surface area contributed by atoms with Crippen LogP contribution in [0.1, 0.15) is 36.3 Å². The Morgan fingerprint density at radius 3 is 2.96 bits per heavy atom. The summed E-state index contributed by atoms with van der Waals surface area (Å²) in [6.07, 6.45) is 8.55. The number of aromatic nitrogens is 2. The molecular weight excluding hydrogens is 306 g/mol. The van der Waals surface area contributed by atoms with E-state index >= 15 is 0 Å². The van der Waals surface area contributed by atoms with Crippen LogP contribution in [0.3, 0.4) is 0 Å². The van der Waals surface area contributed by atoms with Gasteiger partial charge in [-0.3, -0.25) is 4.79 Å². The van der Waals surface area contributed by atoms with Gasteiger partial charge >= 0.3 is 0 Å². The van der Waals surface area contributed by atoms with Crippen LogP contribution in [-0.2, 0) is 4.79 Å². The number of carbonyl (C=O) groups excluding carboxylic acids is 1. The van der Waals surface area contributed by atoms with E-state index in [4.69, 9.17) is 0 Å². The molecule has 1 aromatic heterocycles. The molecular formula is C18H17N3OS. The number of carbonyl (C=O) groups is 1. The quantitative estimate of drug-likeness (QED) is 0.688. The number of anilines is 1. The van der Waals surface area contributed by atoms with Crippen molar-refractivity contribution in [3.8, 4) is 0 Å². The maximum atomic E-state index is 12.2. The molecule has 116 valence electrons. The van der Waals surface area contributed by atoms with Crippen molar-refractivity contribution in [1.82, 2.24) is 9.97 Å². The van der Waals surface area contributed by atoms with E-state index in [1.54, 1.807) is 12.4 Å². The highest BCUT2D eigenvalue weighted by Crippen LogP contribution is 2.54. The number of nitrogens with zero attached hydrogens (tertiary/aromatic N) is 2. The van der Waals surface area contributed by atoms with Crippen molar-refractivity contribution in [3.63, 3.8) is 0 Å². The smallest absolute Gasteiger partial charge is 0.249 e. The molecule has 1 N–H and O–H groups in total. The Morgan fingerprint density at radius 2 is 2.09 bits per heavy atom. The highest BCUT2D eigenvalue weighted by Gasteiger charge is 2.40. The minimum atomic E-state index is -0.152. The number of benzene rings is 1. The standard InChI is InChI=1S/C18H17N3OS/c22-15(10-9-12-5-2-1-3-6-12)21-17-16-13-7-4-8-14(13)23-18(16)20-11-19-17/h1-3,5-6,9-11,13-14H,4,7-8H2,(H,19,20,21,22)/b10-9+. The lowest BCUT2D eigenvalue weighted by molar-refractivity contribution is -0.111. The van der Waals surface area contributed by atoms with E-state index < -0.39 is 0 Å². The van der Waals surface area contributed by atoms with E-state index in [0.29, 0.717) is 17.0 Å². The number of nitrogens with one attached hydrogen (secondary N) is 1. The summed E-state index contributed by atoms with van der Waals surface area (Å²) in [7, 11) is 0. The Labute approximate surface area is 139 Å². The Bertz CT molecular complexity index is 760. The number of hydrogen-bond donors (Lipinski definition) is 1. The normalized spacial score (nSPS) is 22.1. The third kappa shape index (κ3) is 2.88. The zero-order valence-corrected chi connectivity index (χ0v) is 13.4. The fraction of sp³-hybridized carbons (Fsp3) is 0.278. The van der Waals surface area contributed by atoms with E-state index in [-0.39, 0.29) is 5.91 Å². The van der Waals surface area contributed by atoms with Crippen LogP contribution in [0.2, 0.25) is 0 Å². The highest BCUT2D eigenvalue weighted by molar-refractivity contribution is 8.00. The van der Waals surface area contributed by atoms with Gasteiger partial charge in [-0.15, -0.1) is 11.8 Å². The lowest BCUT2D eigenvalue weighted by Crippen LogP contribution is -2.13. The van der Waals surface area contributed by atoms with Crippen LogP contribution in [0.15, 0.2) is 47.8 Å². The molecule has 2 unspecified atom stereocenters. The van der Waals surface area contributed by atoms with Gasteiger partial charge in [0.2, 0.25) is 5.91 Å². The molecule has 1 aliphatic carbocycles. The number of thioether (sulfide) groups is 1. The van der Waals surface area contributed by atoms with E-state index in [1.807, 2.05) is 48.2 Å². The van der Waals surface area contributed by atoms with E-state index in [1.165, 1.54) is 19.3 Å². The largest absolute Gasteiger partial charge is 0.307 e. The summed E-state index contributed by atoms with van der Waals surface area (Å²) in [5.41, 5.74) is 2.14. The first-order valence-electron chi connectivity index (χ1n) is 7.87. The van der Waals surface area contributed by atoms with Crippen molar-refractivity contribution >= 4 is 29.6 Å². The third-order valence-corrected chi connectivity index (χ3v) is 5.82. The van der Waals surface area contributed by atoms with Gasteiger partial charge in [-0.05, 0) is 24.5 Å². The van der Waals surface area contributed by atoms with Crippen molar-refractivity contribution < 1.29 is 4.79 Å². The van der Waals surface area contributed by atoms with Gasteiger partial charge < -0.3 is 5.32 Å². The van der Waals surface area contributed by atoms with Crippen LogP contribution in [0.25, 0.3) is 6.08 Å². The summed E-state index contributed by atoms with van der Waals surface area (Å²) in [4.78, 5) is 20.9. The minimum Gasteiger partial charge on any atom is -0.307 e. The summed E-state index contributed by atoms with van der Waals surface area (Å²) in [5, 5.41) is 4.58. The minimum absolute atomic E-state index is 0.152. The number of hydrogen-bond acceptors (Lipinski definition) is 4. The topological polar surface area (TPSA) is 54.9 Å². The maximum absolute atomic E-state index is 12.2. The molecule has 1 amide bonds. The molecule has 2 aromatic rings. The molecule has 2 aliphatic rings. The summed E-state index contributed by atoms with van der Waals surface area (Å²) in [6, 6.07) is 9.79. The van der Waals surface area contributed by atoms with Crippen LogP contribution in [0.5, 0.6) is 0 Å². The molecule has 1 fully saturated rings. The van der Waals surface area contributed by atoms with Gasteiger partial charge in [0.05, 0.1) is 0 Å². The molecule has 1 aromatic carbocycles. The third-order valence-electron chi connectivity index (χ3n) is 4.40. The Balaban J connectivity index is 1.53. The first-order chi connectivity index (χ1) is 11.3. The molecule has 23 heavy (non-hydrogen) atoms. The molecule has 2 atom stereocenters. The zero-order chi connectivity index (χ0) is 15.6. The predicted octanol–water partition coefficient (Wildman–Crippen LogP) is 3.87. The Hall–Kier alpha value is -2.14. The molecule has 1 aliphatic heterocycles. The number of fused-ring (bicyclic) bond motifs is 3. The van der Waals surface area contributed by atoms with Crippen LogP contribution in [0, 0.1) is 0 Å². The van der Waals surface area contributed by atoms with Crippen LogP contribution in [-0.4, -0.2) is 21.1 Å². The number of rotatable bonds is 3. The second-order valence-electron chi connectivity index (χ2n) is 5.87. The Kier molecular flexibility index (Phi) is 3.87. The molecule has 1 saturated carbocycles. The molecule has 0 saturated heterocycles. The molecule has 5 heteroatoms. The lowest BCUT2D eigenvalue weighted by atomic mass is 10.00. The predicted molar refractivity (Wildman–Crippen MR) is 92.4 cm³/mol. The fourth-order valence-electron chi connectivity index (χ4n) is 3.34. The van der Waals surface area contributed by atoms with Crippen molar-refractivity contribution in [1.29, 1.82) is 0 Å². The summed E-state index contributed by atoms with van der Waals surface area (Å²) in [6.45, 7) is 0. The van der Waals surface area contributed by atoms with Gasteiger partial charge in [0.25, 0.3) is 0 Å². The first-order valence-corrected chi connectivity index (χ1v) is 8.75. The second kappa shape index (κ2) is 6.16. The molecule has 4 rings (SSSR count). The van der Waals surface area contributed by atoms with Crippen LogP contribution < -0.4 is 5.32 Å². The average molecular weight is 323 g/mol. The second-order valence-corrected chi connectivity index (χ2v) is 7.10. The van der Waals surface area contributed by atoms with Gasteiger partial charge in [-0.2, -0.15) is 0 Å². The van der Waals surface area contributed by atoms with Gasteiger partial charge in [0.15, 0.2) is 0 Å². The van der Waals surface area contributed by atoms with Gasteiger partial charge in [-0.25, -0.2) is 9.97 Å². The summed E-state index contributed by atoms with van der Waals surface area (Å²) in [5.74, 6) is 1.02. The average Bonchev–Trinajstić information content (AvgIpc) is 3.15. The maximum Gasteiger partial charge on any atom is 0.249 e. The van der Waals surface area contributed by atoms with Gasteiger partial charge in [0.1, 0.15) is 17.2 Å². The lowest BCUT2D eigenvalue weighted by Gasteiger charge is -2.12. The molecule has 4 nitrogen and oxygen atoms in total. The van der Waals surface area contributed by atoms with Crippen molar-refractivity contribution in [3.05, 3.63) is 53.9 Å². The fourth-order valence-corrected chi connectivity index (χ4v) is 4.83. The molecule has 0 bridgehead atoms. The molecule has 0 spiro atoms. The molecule has 2 heterocycles. The van der Waals surface area contributed by atoms with E-state index in [9.17, 15) is 4.79 Å². The van der Waals surface area contributed by atoms with Crippen LogP contribution >= 0.6 is 11.8 Å². The first kappa shape index (κ1) is 14.5. The molecule has 0 radical (unpaired) electrons. The monoisotopic (exact) mass is 323 g/mol.